The highest BCUT2D eigenvalue weighted by atomic mass is 16.6. The summed E-state index contributed by atoms with van der Waals surface area (Å²) < 4.78 is 0. The van der Waals surface area contributed by atoms with Gasteiger partial charge >= 0.3 is 5.69 Å². The minimum absolute atomic E-state index is 0.0137. The molecule has 0 radical (unpaired) electrons. The predicted octanol–water partition coefficient (Wildman–Crippen LogP) is 2.32. The Bertz CT molecular complexity index is 488. The first-order valence-electron chi connectivity index (χ1n) is 7.43. The van der Waals surface area contributed by atoms with Crippen LogP contribution in [0.15, 0.2) is 12.1 Å². The van der Waals surface area contributed by atoms with Gasteiger partial charge in [-0.3, -0.25) is 15.0 Å². The number of nitrogens with zero attached hydrogens (tertiary/aromatic N) is 3. The molecule has 1 aliphatic heterocycles. The van der Waals surface area contributed by atoms with Crippen molar-refractivity contribution in [3.05, 3.63) is 22.2 Å². The average Bonchev–Trinajstić information content (AvgIpc) is 2.52. The first-order valence-corrected chi connectivity index (χ1v) is 7.43. The zero-order valence-corrected chi connectivity index (χ0v) is 12.6. The summed E-state index contributed by atoms with van der Waals surface area (Å²) in [7, 11) is 1.74. The fourth-order valence-corrected chi connectivity index (χ4v) is 2.60. The molecule has 0 spiro atoms. The molecule has 21 heavy (non-hydrogen) atoms. The van der Waals surface area contributed by atoms with E-state index >= 15 is 0 Å². The number of nitrogens with one attached hydrogen (secondary N) is 2. The monoisotopic (exact) mass is 293 g/mol. The molecule has 2 rings (SSSR count). The molecule has 0 saturated carbocycles. The Morgan fingerprint density at radius 2 is 2.10 bits per heavy atom. The lowest BCUT2D eigenvalue weighted by Gasteiger charge is -2.32. The van der Waals surface area contributed by atoms with E-state index in [0.717, 1.165) is 13.1 Å². The Labute approximate surface area is 124 Å². The van der Waals surface area contributed by atoms with Gasteiger partial charge in [0.25, 0.3) is 0 Å². The maximum atomic E-state index is 11.1. The maximum Gasteiger partial charge on any atom is 0.311 e. The summed E-state index contributed by atoms with van der Waals surface area (Å²) in [6.45, 7) is 5.01. The standard InChI is InChI=1S/C14H23N5O2/c1-11(18-8-4-3-5-9-18)10-16-14-12(19(20)21)6-7-13(15-2)17-14/h6-7,11H,3-5,8-10H2,1-2H3,(H2,15,16,17). The van der Waals surface area contributed by atoms with Crippen LogP contribution in [0.4, 0.5) is 17.3 Å². The van der Waals surface area contributed by atoms with Crippen molar-refractivity contribution in [2.45, 2.75) is 32.2 Å². The number of piperidine rings is 1. The van der Waals surface area contributed by atoms with Crippen molar-refractivity contribution in [1.82, 2.24) is 9.88 Å². The van der Waals surface area contributed by atoms with E-state index in [4.69, 9.17) is 0 Å². The largest absolute Gasteiger partial charge is 0.373 e. The van der Waals surface area contributed by atoms with Gasteiger partial charge in [0, 0.05) is 25.7 Å². The van der Waals surface area contributed by atoms with Gasteiger partial charge in [-0.1, -0.05) is 6.42 Å². The number of rotatable bonds is 6. The van der Waals surface area contributed by atoms with Gasteiger partial charge in [0.1, 0.15) is 5.82 Å². The minimum Gasteiger partial charge on any atom is -0.373 e. The summed E-state index contributed by atoms with van der Waals surface area (Å²) in [4.78, 5) is 17.3. The van der Waals surface area contributed by atoms with Crippen molar-refractivity contribution < 1.29 is 4.92 Å². The summed E-state index contributed by atoms with van der Waals surface area (Å²) in [5.74, 6) is 0.949. The van der Waals surface area contributed by atoms with E-state index in [1.54, 1.807) is 13.1 Å². The Morgan fingerprint density at radius 3 is 2.71 bits per heavy atom. The van der Waals surface area contributed by atoms with Gasteiger partial charge in [0.05, 0.1) is 4.92 Å². The van der Waals surface area contributed by atoms with Crippen LogP contribution in [0.2, 0.25) is 0 Å². The molecule has 0 bridgehead atoms. The highest BCUT2D eigenvalue weighted by molar-refractivity contribution is 5.60. The minimum atomic E-state index is -0.402. The molecule has 1 aromatic heterocycles. The van der Waals surface area contributed by atoms with Gasteiger partial charge in [-0.25, -0.2) is 4.98 Å². The van der Waals surface area contributed by atoms with Crippen molar-refractivity contribution in [3.63, 3.8) is 0 Å². The van der Waals surface area contributed by atoms with E-state index in [-0.39, 0.29) is 5.69 Å². The molecule has 116 valence electrons. The van der Waals surface area contributed by atoms with Crippen LogP contribution in [-0.4, -0.2) is 47.5 Å². The Morgan fingerprint density at radius 1 is 1.38 bits per heavy atom. The highest BCUT2D eigenvalue weighted by Gasteiger charge is 2.19. The third-order valence-corrected chi connectivity index (χ3v) is 3.91. The van der Waals surface area contributed by atoms with Crippen molar-refractivity contribution in [1.29, 1.82) is 0 Å². The topological polar surface area (TPSA) is 83.3 Å². The van der Waals surface area contributed by atoms with E-state index in [2.05, 4.69) is 27.4 Å². The van der Waals surface area contributed by atoms with Gasteiger partial charge in [-0.05, 0) is 38.9 Å². The van der Waals surface area contributed by atoms with Crippen molar-refractivity contribution in [3.8, 4) is 0 Å². The lowest BCUT2D eigenvalue weighted by Crippen LogP contribution is -2.41. The smallest absolute Gasteiger partial charge is 0.311 e. The molecule has 7 nitrogen and oxygen atoms in total. The van der Waals surface area contributed by atoms with E-state index in [9.17, 15) is 10.1 Å². The average molecular weight is 293 g/mol. The zero-order chi connectivity index (χ0) is 15.2. The summed E-state index contributed by atoms with van der Waals surface area (Å²) >= 11 is 0. The van der Waals surface area contributed by atoms with Gasteiger partial charge in [-0.15, -0.1) is 0 Å². The van der Waals surface area contributed by atoms with Crippen molar-refractivity contribution in [2.75, 3.05) is 37.3 Å². The van der Waals surface area contributed by atoms with Crippen LogP contribution in [0.3, 0.4) is 0 Å². The molecule has 1 unspecified atom stereocenters. The van der Waals surface area contributed by atoms with Crippen LogP contribution < -0.4 is 10.6 Å². The third-order valence-electron chi connectivity index (χ3n) is 3.91. The lowest BCUT2D eigenvalue weighted by molar-refractivity contribution is -0.384. The number of anilines is 2. The van der Waals surface area contributed by atoms with Crippen molar-refractivity contribution >= 4 is 17.3 Å². The van der Waals surface area contributed by atoms with Crippen LogP contribution in [0, 0.1) is 10.1 Å². The van der Waals surface area contributed by atoms with E-state index in [1.807, 2.05) is 0 Å². The molecule has 0 amide bonds. The molecule has 1 aliphatic rings. The van der Waals surface area contributed by atoms with Crippen LogP contribution >= 0.6 is 0 Å². The van der Waals surface area contributed by atoms with E-state index in [0.29, 0.717) is 24.2 Å². The maximum absolute atomic E-state index is 11.1. The van der Waals surface area contributed by atoms with Crippen LogP contribution in [-0.2, 0) is 0 Å². The number of aromatic nitrogens is 1. The quantitative estimate of drug-likeness (QED) is 0.618. The molecule has 0 aliphatic carbocycles. The molecule has 1 saturated heterocycles. The molecule has 0 aromatic carbocycles. The van der Waals surface area contributed by atoms with Gasteiger partial charge in [0.2, 0.25) is 5.82 Å². The highest BCUT2D eigenvalue weighted by Crippen LogP contribution is 2.24. The van der Waals surface area contributed by atoms with Gasteiger partial charge in [-0.2, -0.15) is 0 Å². The Kier molecular flexibility index (Phi) is 5.32. The Hall–Kier alpha value is -1.89. The number of hydrogen-bond donors (Lipinski definition) is 2. The number of nitro groups is 1. The first-order chi connectivity index (χ1) is 10.1. The van der Waals surface area contributed by atoms with Crippen LogP contribution in [0.5, 0.6) is 0 Å². The molecule has 1 atom stereocenters. The van der Waals surface area contributed by atoms with Gasteiger partial charge in [0.15, 0.2) is 0 Å². The molecule has 2 heterocycles. The Balaban J connectivity index is 2.02. The van der Waals surface area contributed by atoms with Crippen molar-refractivity contribution in [2.24, 2.45) is 0 Å². The van der Waals surface area contributed by atoms with Crippen LogP contribution in [0.1, 0.15) is 26.2 Å². The molecular weight excluding hydrogens is 270 g/mol. The molecule has 1 aromatic rings. The lowest BCUT2D eigenvalue weighted by atomic mass is 10.1. The zero-order valence-electron chi connectivity index (χ0n) is 12.6. The van der Waals surface area contributed by atoms with E-state index in [1.165, 1.54) is 25.3 Å². The second-order valence-corrected chi connectivity index (χ2v) is 5.40. The van der Waals surface area contributed by atoms with Gasteiger partial charge < -0.3 is 10.6 Å². The molecule has 2 N–H and O–H groups in total. The second-order valence-electron chi connectivity index (χ2n) is 5.40. The fraction of sp³-hybridized carbons (Fsp3) is 0.643. The first kappa shape index (κ1) is 15.5. The summed E-state index contributed by atoms with van der Waals surface area (Å²) in [5.41, 5.74) is 0.0137. The fourth-order valence-electron chi connectivity index (χ4n) is 2.60. The number of likely N-dealkylation sites (tertiary alicyclic amines) is 1. The number of pyridine rings is 1. The molecule has 1 fully saturated rings. The van der Waals surface area contributed by atoms with E-state index < -0.39 is 4.92 Å². The molecular formula is C14H23N5O2. The second kappa shape index (κ2) is 7.21. The SMILES string of the molecule is CNc1ccc([N+](=O)[O-])c(NCC(C)N2CCCCC2)n1. The third kappa shape index (κ3) is 4.04. The summed E-state index contributed by atoms with van der Waals surface area (Å²) in [6.07, 6.45) is 3.77. The van der Waals surface area contributed by atoms with Crippen LogP contribution in [0.25, 0.3) is 0 Å². The normalized spacial score (nSPS) is 17.2. The summed E-state index contributed by atoms with van der Waals surface area (Å²) in [6, 6.07) is 3.43. The number of hydrogen-bond acceptors (Lipinski definition) is 6. The predicted molar refractivity (Wildman–Crippen MR) is 83.8 cm³/mol. The molecule has 7 heteroatoms. The summed E-state index contributed by atoms with van der Waals surface area (Å²) in [5, 5.41) is 17.1.